The van der Waals surface area contributed by atoms with E-state index in [1.165, 1.54) is 75.2 Å². The van der Waals surface area contributed by atoms with Gasteiger partial charge in [0.2, 0.25) is 0 Å². The minimum absolute atomic E-state index is 0.0176. The number of aldehydes is 1. The van der Waals surface area contributed by atoms with Gasteiger partial charge in [0, 0.05) is 18.2 Å². The summed E-state index contributed by atoms with van der Waals surface area (Å²) in [6, 6.07) is 7.16. The summed E-state index contributed by atoms with van der Waals surface area (Å²) in [5, 5.41) is 10.1. The number of amides is 3. The Hall–Kier alpha value is -5.39. The van der Waals surface area contributed by atoms with Gasteiger partial charge in [-0.1, -0.05) is 0 Å². The van der Waals surface area contributed by atoms with Crippen LogP contribution in [0.3, 0.4) is 0 Å². The molecule has 3 aliphatic heterocycles. The fourth-order valence-corrected chi connectivity index (χ4v) is 4.29. The SMILES string of the molecule is COc1ccc(C(=O)O[C@H]2C=COC=C3C=C4C(=O)N(C)C(=O)C(=O)N4[C@@H]32)cc1Oc1cc(C=O)ccc1O. The van der Waals surface area contributed by atoms with Gasteiger partial charge in [0.05, 0.1) is 25.2 Å². The van der Waals surface area contributed by atoms with E-state index in [0.29, 0.717) is 11.9 Å². The van der Waals surface area contributed by atoms with Crippen LogP contribution in [0.15, 0.2) is 72.3 Å². The normalized spacial score (nSPS) is 19.8. The van der Waals surface area contributed by atoms with E-state index in [1.54, 1.807) is 0 Å². The van der Waals surface area contributed by atoms with E-state index in [0.717, 1.165) is 9.80 Å². The maximum absolute atomic E-state index is 13.2. The first kappa shape index (κ1) is 25.3. The molecule has 0 radical (unpaired) electrons. The number of hydrogen-bond donors (Lipinski definition) is 1. The van der Waals surface area contributed by atoms with Crippen molar-refractivity contribution in [2.45, 2.75) is 12.1 Å². The Morgan fingerprint density at radius 2 is 1.82 bits per heavy atom. The van der Waals surface area contributed by atoms with Crippen LogP contribution in [0.2, 0.25) is 0 Å². The van der Waals surface area contributed by atoms with E-state index in [4.69, 9.17) is 18.9 Å². The van der Waals surface area contributed by atoms with E-state index in [1.807, 2.05) is 0 Å². The lowest BCUT2D eigenvalue weighted by Gasteiger charge is -2.35. The number of carbonyl (C=O) groups is 5. The molecule has 0 bridgehead atoms. The van der Waals surface area contributed by atoms with Crippen LogP contribution in [0.5, 0.6) is 23.0 Å². The summed E-state index contributed by atoms with van der Waals surface area (Å²) in [5.41, 5.74) is 0.574. The topological polar surface area (TPSA) is 149 Å². The molecule has 5 rings (SSSR count). The average molecular weight is 532 g/mol. The molecule has 1 N–H and O–H groups in total. The number of carbonyl (C=O) groups excluding carboxylic acids is 5. The molecule has 2 atom stereocenters. The van der Waals surface area contributed by atoms with Gasteiger partial charge in [0.25, 0.3) is 5.91 Å². The number of aromatic hydroxyl groups is 1. The Balaban J connectivity index is 1.43. The number of phenols is 1. The molecule has 3 amide bonds. The van der Waals surface area contributed by atoms with Gasteiger partial charge in [0.1, 0.15) is 24.1 Å². The third-order valence-corrected chi connectivity index (χ3v) is 6.26. The Kier molecular flexibility index (Phi) is 6.36. The molecule has 1 saturated heterocycles. The Morgan fingerprint density at radius 1 is 1.03 bits per heavy atom. The number of methoxy groups -OCH3 is 1. The molecule has 39 heavy (non-hydrogen) atoms. The van der Waals surface area contributed by atoms with Crippen LogP contribution in [-0.4, -0.2) is 71.2 Å². The van der Waals surface area contributed by atoms with Crippen molar-refractivity contribution in [2.75, 3.05) is 14.2 Å². The number of ether oxygens (including phenoxy) is 4. The summed E-state index contributed by atoms with van der Waals surface area (Å²) in [4.78, 5) is 63.9. The molecular weight excluding hydrogens is 512 g/mol. The molecular formula is C27H20N2O10. The second kappa shape index (κ2) is 9.82. The van der Waals surface area contributed by atoms with Gasteiger partial charge in [-0.25, -0.2) is 4.79 Å². The number of hydrogen-bond acceptors (Lipinski definition) is 10. The van der Waals surface area contributed by atoms with E-state index in [2.05, 4.69) is 0 Å². The minimum Gasteiger partial charge on any atom is -0.504 e. The molecule has 0 saturated carbocycles. The average Bonchev–Trinajstić information content (AvgIpc) is 3.22. The third kappa shape index (κ3) is 4.37. The first-order valence-electron chi connectivity index (χ1n) is 11.5. The van der Waals surface area contributed by atoms with Crippen molar-refractivity contribution in [3.05, 3.63) is 83.5 Å². The maximum Gasteiger partial charge on any atom is 0.338 e. The first-order valence-corrected chi connectivity index (χ1v) is 11.5. The minimum atomic E-state index is -1.13. The monoisotopic (exact) mass is 532 g/mol. The summed E-state index contributed by atoms with van der Waals surface area (Å²) < 4.78 is 22.0. The Labute approximate surface area is 220 Å². The molecule has 3 heterocycles. The molecule has 2 aromatic rings. The van der Waals surface area contributed by atoms with E-state index >= 15 is 0 Å². The predicted molar refractivity (Wildman–Crippen MR) is 131 cm³/mol. The van der Waals surface area contributed by atoms with Crippen LogP contribution in [-0.2, 0) is 23.9 Å². The number of nitrogens with zero attached hydrogens (tertiary/aromatic N) is 2. The first-order chi connectivity index (χ1) is 18.7. The van der Waals surface area contributed by atoms with Crippen molar-refractivity contribution >= 4 is 30.0 Å². The van der Waals surface area contributed by atoms with Crippen LogP contribution in [0.25, 0.3) is 0 Å². The van der Waals surface area contributed by atoms with Crippen molar-refractivity contribution in [1.29, 1.82) is 0 Å². The largest absolute Gasteiger partial charge is 0.504 e. The Bertz CT molecular complexity index is 1520. The fourth-order valence-electron chi connectivity index (χ4n) is 4.29. The summed E-state index contributed by atoms with van der Waals surface area (Å²) >= 11 is 0. The molecule has 12 heteroatoms. The number of fused-ring (bicyclic) bond motifs is 3. The number of benzene rings is 2. The Morgan fingerprint density at radius 3 is 2.56 bits per heavy atom. The van der Waals surface area contributed by atoms with Gasteiger partial charge in [-0.2, -0.15) is 0 Å². The molecule has 1 fully saturated rings. The summed E-state index contributed by atoms with van der Waals surface area (Å²) in [5.74, 6) is -3.51. The number of esters is 1. The van der Waals surface area contributed by atoms with E-state index in [-0.39, 0.29) is 39.8 Å². The van der Waals surface area contributed by atoms with Gasteiger partial charge in [-0.3, -0.25) is 29.0 Å². The molecule has 0 aromatic heterocycles. The number of piperazine rings is 1. The van der Waals surface area contributed by atoms with Crippen molar-refractivity contribution in [3.8, 4) is 23.0 Å². The van der Waals surface area contributed by atoms with E-state index in [9.17, 15) is 29.1 Å². The lowest BCUT2D eigenvalue weighted by Crippen LogP contribution is -2.57. The highest BCUT2D eigenvalue weighted by Gasteiger charge is 2.51. The lowest BCUT2D eigenvalue weighted by molar-refractivity contribution is -0.160. The zero-order valence-corrected chi connectivity index (χ0v) is 20.5. The van der Waals surface area contributed by atoms with Crippen LogP contribution in [0, 0.1) is 0 Å². The molecule has 3 aliphatic rings. The smallest absolute Gasteiger partial charge is 0.338 e. The second-order valence-electron chi connectivity index (χ2n) is 8.58. The van der Waals surface area contributed by atoms with Gasteiger partial charge in [-0.05, 0) is 48.6 Å². The highest BCUT2D eigenvalue weighted by Crippen LogP contribution is 2.38. The maximum atomic E-state index is 13.2. The van der Waals surface area contributed by atoms with Crippen molar-refractivity contribution < 1.29 is 48.0 Å². The highest BCUT2D eigenvalue weighted by molar-refractivity contribution is 6.42. The van der Waals surface area contributed by atoms with Crippen molar-refractivity contribution in [2.24, 2.45) is 0 Å². The van der Waals surface area contributed by atoms with Crippen molar-refractivity contribution in [3.63, 3.8) is 0 Å². The molecule has 0 unspecified atom stereocenters. The molecule has 12 nitrogen and oxygen atoms in total. The van der Waals surface area contributed by atoms with Gasteiger partial charge in [-0.15, -0.1) is 0 Å². The van der Waals surface area contributed by atoms with Crippen LogP contribution in [0.4, 0.5) is 0 Å². The van der Waals surface area contributed by atoms with Gasteiger partial charge >= 0.3 is 17.8 Å². The van der Waals surface area contributed by atoms with Crippen molar-refractivity contribution in [1.82, 2.24) is 9.80 Å². The lowest BCUT2D eigenvalue weighted by atomic mass is 10.0. The number of imide groups is 1. The van der Waals surface area contributed by atoms with Gasteiger partial charge in [0.15, 0.2) is 23.0 Å². The number of rotatable bonds is 6. The quantitative estimate of drug-likeness (QED) is 0.254. The molecule has 0 aliphatic carbocycles. The summed E-state index contributed by atoms with van der Waals surface area (Å²) in [6.07, 6.45) is 4.79. The zero-order chi connectivity index (χ0) is 27.8. The number of likely N-dealkylation sites (N-methyl/N-ethyl adjacent to an activating group) is 1. The predicted octanol–water partition coefficient (Wildman–Crippen LogP) is 2.05. The standard InChI is InChI=1S/C27H20N2O10/c1-28-24(32)17-10-16-13-37-8-7-20(23(16)29(17)26(34)25(28)33)39-27(35)15-4-6-19(36-2)22(11-15)38-21-9-14(12-30)3-5-18(21)31/h3-13,20,23,31H,1-2H3/t20-,23-/m0/s1. The summed E-state index contributed by atoms with van der Waals surface area (Å²) in [6.45, 7) is 0. The van der Waals surface area contributed by atoms with Crippen LogP contribution in [0.1, 0.15) is 20.7 Å². The third-order valence-electron chi connectivity index (χ3n) is 6.26. The molecule has 2 aromatic carbocycles. The molecule has 0 spiro atoms. The molecule has 198 valence electrons. The fraction of sp³-hybridized carbons (Fsp3) is 0.148. The highest BCUT2D eigenvalue weighted by atomic mass is 16.5. The zero-order valence-electron chi connectivity index (χ0n) is 20.5. The second-order valence-corrected chi connectivity index (χ2v) is 8.58. The van der Waals surface area contributed by atoms with Gasteiger partial charge < -0.3 is 24.1 Å². The van der Waals surface area contributed by atoms with Crippen LogP contribution < -0.4 is 9.47 Å². The van der Waals surface area contributed by atoms with Crippen LogP contribution >= 0.6 is 0 Å². The number of phenolic OH excluding ortho intramolecular Hbond substituents is 1. The van der Waals surface area contributed by atoms with E-state index < -0.39 is 35.8 Å². The summed E-state index contributed by atoms with van der Waals surface area (Å²) in [7, 11) is 2.59.